The molecule has 0 unspecified atom stereocenters. The SMILES string of the molecule is C1=C[C@@H](c2ccccc2)NC1.CC(C)(C)OC(=O)N1CC=C[C@H]1c1ccccc1.CC(F)(F)C(C)(C)C(=O)N1CC=C[C@H]1c1ccccc1. The van der Waals surface area contributed by atoms with E-state index in [0.717, 1.165) is 24.6 Å². The maximum atomic E-state index is 13.7. The zero-order valence-corrected chi connectivity index (χ0v) is 29.4. The van der Waals surface area contributed by atoms with Gasteiger partial charge in [-0.3, -0.25) is 9.69 Å². The van der Waals surface area contributed by atoms with Gasteiger partial charge >= 0.3 is 6.09 Å². The Morgan fingerprint density at radius 2 is 1.10 bits per heavy atom. The van der Waals surface area contributed by atoms with Crippen LogP contribution in [0.1, 0.15) is 76.4 Å². The summed E-state index contributed by atoms with van der Waals surface area (Å²) in [6, 6.07) is 30.1. The van der Waals surface area contributed by atoms with E-state index >= 15 is 0 Å². The molecule has 0 spiro atoms. The molecule has 0 aliphatic carbocycles. The van der Waals surface area contributed by atoms with Crippen LogP contribution in [0.25, 0.3) is 0 Å². The molecule has 0 bridgehead atoms. The molecule has 3 heterocycles. The average molecular weight is 670 g/mol. The number of ether oxygens (including phenoxy) is 1. The monoisotopic (exact) mass is 669 g/mol. The first kappa shape index (κ1) is 37.3. The lowest BCUT2D eigenvalue weighted by Crippen LogP contribution is -2.49. The van der Waals surface area contributed by atoms with Crippen LogP contribution in [0.15, 0.2) is 127 Å². The number of benzene rings is 3. The van der Waals surface area contributed by atoms with Crippen molar-refractivity contribution in [2.45, 2.75) is 71.2 Å². The summed E-state index contributed by atoms with van der Waals surface area (Å²) in [6.45, 7) is 11.0. The van der Waals surface area contributed by atoms with Crippen LogP contribution in [0, 0.1) is 5.41 Å². The lowest BCUT2D eigenvalue weighted by Gasteiger charge is -2.36. The Bertz CT molecular complexity index is 1590. The first-order valence-corrected chi connectivity index (χ1v) is 16.8. The highest BCUT2D eigenvalue weighted by atomic mass is 19.3. The molecule has 0 radical (unpaired) electrons. The number of amides is 2. The molecule has 260 valence electrons. The highest BCUT2D eigenvalue weighted by molar-refractivity contribution is 5.84. The lowest BCUT2D eigenvalue weighted by atomic mass is 9.84. The quantitative estimate of drug-likeness (QED) is 0.275. The molecule has 3 atom stereocenters. The summed E-state index contributed by atoms with van der Waals surface area (Å²) in [7, 11) is 0. The summed E-state index contributed by atoms with van der Waals surface area (Å²) in [6.07, 6.45) is 11.9. The molecule has 0 fully saturated rings. The molecule has 3 aliphatic heterocycles. The summed E-state index contributed by atoms with van der Waals surface area (Å²) in [4.78, 5) is 27.9. The highest BCUT2D eigenvalue weighted by Gasteiger charge is 2.51. The summed E-state index contributed by atoms with van der Waals surface area (Å²) < 4.78 is 32.8. The third kappa shape index (κ3) is 9.98. The molecule has 6 nitrogen and oxygen atoms in total. The Morgan fingerprint density at radius 1 is 0.653 bits per heavy atom. The summed E-state index contributed by atoms with van der Waals surface area (Å²) in [5.41, 5.74) is 1.22. The summed E-state index contributed by atoms with van der Waals surface area (Å²) in [5.74, 6) is -3.59. The van der Waals surface area contributed by atoms with Gasteiger partial charge < -0.3 is 15.0 Å². The van der Waals surface area contributed by atoms with Crippen LogP contribution in [-0.2, 0) is 9.53 Å². The van der Waals surface area contributed by atoms with E-state index in [-0.39, 0.29) is 18.2 Å². The summed E-state index contributed by atoms with van der Waals surface area (Å²) in [5, 5.41) is 3.36. The fourth-order valence-corrected chi connectivity index (χ4v) is 5.55. The molecule has 0 saturated carbocycles. The fraction of sp³-hybridized carbons (Fsp3) is 0.366. The van der Waals surface area contributed by atoms with Crippen molar-refractivity contribution < 1.29 is 23.1 Å². The minimum atomic E-state index is -3.06. The predicted octanol–water partition coefficient (Wildman–Crippen LogP) is 9.23. The molecule has 3 aliphatic rings. The third-order valence-corrected chi connectivity index (χ3v) is 8.66. The van der Waals surface area contributed by atoms with Crippen LogP contribution >= 0.6 is 0 Å². The van der Waals surface area contributed by atoms with E-state index in [1.165, 1.54) is 24.3 Å². The number of carbonyl (C=O) groups is 2. The van der Waals surface area contributed by atoms with E-state index in [4.69, 9.17) is 4.74 Å². The van der Waals surface area contributed by atoms with Crippen molar-refractivity contribution in [2.75, 3.05) is 19.6 Å². The minimum Gasteiger partial charge on any atom is -0.444 e. The van der Waals surface area contributed by atoms with Gasteiger partial charge in [0, 0.05) is 26.6 Å². The third-order valence-electron chi connectivity index (χ3n) is 8.66. The number of hydrogen-bond acceptors (Lipinski definition) is 4. The number of nitrogens with zero attached hydrogens (tertiary/aromatic N) is 2. The zero-order chi connectivity index (χ0) is 35.7. The molecule has 0 aromatic heterocycles. The minimum absolute atomic E-state index is 0.0129. The second-order valence-corrected chi connectivity index (χ2v) is 13.9. The second kappa shape index (κ2) is 16.2. The molecule has 3 aromatic carbocycles. The number of rotatable bonds is 5. The molecular weight excluding hydrogens is 620 g/mol. The van der Waals surface area contributed by atoms with Gasteiger partial charge in [0.05, 0.1) is 18.1 Å². The standard InChI is InChI=1S/C16H19F2NO.C15H19NO2.C10H11N/c1-15(2,16(3,17)18)14(20)19-11-7-10-13(19)12-8-5-4-6-9-12;1-15(2,3)18-14(17)16-11-7-10-13(16)12-8-5-4-6-9-12;1-2-5-9(6-3-1)10-7-4-8-11-10/h4-10,13H,11H2,1-3H3;4-10,13H,11H2,1-3H3;1-7,10-11H,8H2/t2*13-;10-/m000/s1. The van der Waals surface area contributed by atoms with E-state index in [2.05, 4.69) is 41.7 Å². The molecule has 1 N–H and O–H groups in total. The van der Waals surface area contributed by atoms with Gasteiger partial charge in [-0.15, -0.1) is 0 Å². The molecular formula is C41H49F2N3O3. The largest absolute Gasteiger partial charge is 0.444 e. The smallest absolute Gasteiger partial charge is 0.411 e. The van der Waals surface area contributed by atoms with Crippen molar-refractivity contribution in [1.82, 2.24) is 15.1 Å². The summed E-state index contributed by atoms with van der Waals surface area (Å²) >= 11 is 0. The number of nitrogens with one attached hydrogen (secondary N) is 1. The Kier molecular flexibility index (Phi) is 12.3. The van der Waals surface area contributed by atoms with Gasteiger partial charge in [0.25, 0.3) is 5.92 Å². The van der Waals surface area contributed by atoms with Crippen molar-refractivity contribution in [3.63, 3.8) is 0 Å². The van der Waals surface area contributed by atoms with E-state index in [0.29, 0.717) is 19.1 Å². The fourth-order valence-electron chi connectivity index (χ4n) is 5.55. The van der Waals surface area contributed by atoms with Gasteiger partial charge in [0.2, 0.25) is 5.91 Å². The van der Waals surface area contributed by atoms with Crippen LogP contribution in [0.5, 0.6) is 0 Å². The van der Waals surface area contributed by atoms with Crippen molar-refractivity contribution >= 4 is 12.0 Å². The highest BCUT2D eigenvalue weighted by Crippen LogP contribution is 2.40. The van der Waals surface area contributed by atoms with Crippen molar-refractivity contribution in [3.8, 4) is 0 Å². The number of hydrogen-bond donors (Lipinski definition) is 1. The van der Waals surface area contributed by atoms with Crippen molar-refractivity contribution in [3.05, 3.63) is 144 Å². The lowest BCUT2D eigenvalue weighted by molar-refractivity contribution is -0.163. The molecule has 49 heavy (non-hydrogen) atoms. The Balaban J connectivity index is 0.000000172. The first-order valence-electron chi connectivity index (χ1n) is 16.8. The van der Waals surface area contributed by atoms with Crippen molar-refractivity contribution in [2.24, 2.45) is 5.41 Å². The first-order chi connectivity index (χ1) is 23.2. The van der Waals surface area contributed by atoms with Crippen LogP contribution in [-0.4, -0.2) is 53.0 Å². The Labute approximate surface area is 290 Å². The van der Waals surface area contributed by atoms with Gasteiger partial charge in [-0.05, 0) is 51.3 Å². The van der Waals surface area contributed by atoms with Gasteiger partial charge in [-0.1, -0.05) is 127 Å². The predicted molar refractivity (Wildman–Crippen MR) is 192 cm³/mol. The van der Waals surface area contributed by atoms with Crippen molar-refractivity contribution in [1.29, 1.82) is 0 Å². The van der Waals surface area contributed by atoms with Crippen LogP contribution in [0.2, 0.25) is 0 Å². The molecule has 0 saturated heterocycles. The number of carbonyl (C=O) groups excluding carboxylic acids is 2. The molecule has 3 aromatic rings. The van der Waals surface area contributed by atoms with E-state index in [9.17, 15) is 18.4 Å². The number of alkyl halides is 2. The van der Waals surface area contributed by atoms with Gasteiger partial charge in [0.1, 0.15) is 11.0 Å². The van der Waals surface area contributed by atoms with Crippen LogP contribution < -0.4 is 5.32 Å². The topological polar surface area (TPSA) is 61.9 Å². The second-order valence-electron chi connectivity index (χ2n) is 13.9. The van der Waals surface area contributed by atoms with Gasteiger partial charge in [-0.25, -0.2) is 13.6 Å². The van der Waals surface area contributed by atoms with E-state index < -0.39 is 22.8 Å². The molecule has 6 rings (SSSR count). The van der Waals surface area contributed by atoms with Gasteiger partial charge in [-0.2, -0.15) is 0 Å². The average Bonchev–Trinajstić information content (AvgIpc) is 3.88. The normalized spacial score (nSPS) is 20.0. The maximum absolute atomic E-state index is 13.7. The van der Waals surface area contributed by atoms with Crippen LogP contribution in [0.3, 0.4) is 0 Å². The zero-order valence-electron chi connectivity index (χ0n) is 29.4. The number of halogens is 2. The Hall–Kier alpha value is -4.56. The van der Waals surface area contributed by atoms with Gasteiger partial charge in [0.15, 0.2) is 0 Å². The Morgan fingerprint density at radius 3 is 1.53 bits per heavy atom. The molecule has 8 heteroatoms. The molecule has 2 amide bonds. The van der Waals surface area contributed by atoms with E-state index in [1.807, 2.05) is 112 Å². The maximum Gasteiger partial charge on any atom is 0.411 e. The van der Waals surface area contributed by atoms with Crippen LogP contribution in [0.4, 0.5) is 13.6 Å². The van der Waals surface area contributed by atoms with E-state index in [1.54, 1.807) is 4.90 Å².